The molecule has 0 aromatic heterocycles. The molecule has 0 unspecified atom stereocenters. The molecule has 2 rings (SSSR count). The molecule has 2 heteroatoms. The molecule has 88 valence electrons. The summed E-state index contributed by atoms with van der Waals surface area (Å²) in [6, 6.07) is 0. The van der Waals surface area contributed by atoms with Crippen molar-refractivity contribution in [3.63, 3.8) is 0 Å². The van der Waals surface area contributed by atoms with E-state index in [-0.39, 0.29) is 18.3 Å². The summed E-state index contributed by atoms with van der Waals surface area (Å²) in [4.78, 5) is 0. The molecule has 2 aliphatic rings. The average Bonchev–Trinajstić information content (AvgIpc) is 2.62. The third-order valence-electron chi connectivity index (χ3n) is 4.43. The van der Waals surface area contributed by atoms with Crippen molar-refractivity contribution in [2.45, 2.75) is 64.1 Å². The zero-order chi connectivity index (χ0) is 10.9. The van der Waals surface area contributed by atoms with Crippen LogP contribution in [0.15, 0.2) is 0 Å². The van der Waals surface area contributed by atoms with Gasteiger partial charge in [0.25, 0.3) is 0 Å². The highest BCUT2D eigenvalue weighted by atomic mass is 16.5. The van der Waals surface area contributed by atoms with Crippen LogP contribution in [-0.2, 0) is 4.74 Å². The molecule has 0 bridgehead atoms. The first kappa shape index (κ1) is 11.4. The maximum Gasteiger partial charge on any atom is 0.0814 e. The standard InChI is InChI=1S/C13H24O2/c1-10(2)11-3-6-13(7-4-11)8-5-12(9-14)15-13/h10-12,14H,3-9H2,1-2H3/t11?,12-,13?/m1/s1. The van der Waals surface area contributed by atoms with Gasteiger partial charge in [-0.2, -0.15) is 0 Å². The van der Waals surface area contributed by atoms with Crippen LogP contribution in [0.2, 0.25) is 0 Å². The van der Waals surface area contributed by atoms with E-state index in [1.807, 2.05) is 0 Å². The highest BCUT2D eigenvalue weighted by Gasteiger charge is 2.42. The van der Waals surface area contributed by atoms with Crippen molar-refractivity contribution in [2.75, 3.05) is 6.61 Å². The van der Waals surface area contributed by atoms with E-state index >= 15 is 0 Å². The number of hydrogen-bond acceptors (Lipinski definition) is 2. The van der Waals surface area contributed by atoms with Gasteiger partial charge >= 0.3 is 0 Å². The van der Waals surface area contributed by atoms with Gasteiger partial charge in [0, 0.05) is 0 Å². The summed E-state index contributed by atoms with van der Waals surface area (Å²) in [6.07, 6.45) is 7.41. The Kier molecular flexibility index (Phi) is 3.36. The highest BCUT2D eigenvalue weighted by Crippen LogP contribution is 2.45. The van der Waals surface area contributed by atoms with Gasteiger partial charge in [-0.25, -0.2) is 0 Å². The Bertz CT molecular complexity index is 205. The minimum atomic E-state index is 0.126. The van der Waals surface area contributed by atoms with Crippen LogP contribution < -0.4 is 0 Å². The maximum absolute atomic E-state index is 9.10. The van der Waals surface area contributed by atoms with Crippen molar-refractivity contribution in [1.82, 2.24) is 0 Å². The van der Waals surface area contributed by atoms with Gasteiger partial charge in [-0.3, -0.25) is 0 Å². The van der Waals surface area contributed by atoms with Crippen molar-refractivity contribution >= 4 is 0 Å². The molecule has 1 spiro atoms. The largest absolute Gasteiger partial charge is 0.394 e. The normalized spacial score (nSPS) is 41.6. The van der Waals surface area contributed by atoms with Crippen LogP contribution in [0.1, 0.15) is 52.4 Å². The summed E-state index contributed by atoms with van der Waals surface area (Å²) < 4.78 is 6.02. The quantitative estimate of drug-likeness (QED) is 0.762. The molecule has 0 aromatic rings. The first-order chi connectivity index (χ1) is 7.15. The molecule has 2 nitrogen and oxygen atoms in total. The Morgan fingerprint density at radius 3 is 2.27 bits per heavy atom. The fourth-order valence-electron chi connectivity index (χ4n) is 3.22. The van der Waals surface area contributed by atoms with Crippen LogP contribution in [0.5, 0.6) is 0 Å². The third kappa shape index (κ3) is 2.36. The molecule has 1 saturated carbocycles. The Labute approximate surface area is 93.0 Å². The molecule has 2 fully saturated rings. The van der Waals surface area contributed by atoms with Gasteiger partial charge in [-0.1, -0.05) is 13.8 Å². The van der Waals surface area contributed by atoms with E-state index in [1.165, 1.54) is 32.1 Å². The van der Waals surface area contributed by atoms with Crippen molar-refractivity contribution in [3.8, 4) is 0 Å². The van der Waals surface area contributed by atoms with Gasteiger partial charge in [0.2, 0.25) is 0 Å². The van der Waals surface area contributed by atoms with E-state index in [0.29, 0.717) is 0 Å². The summed E-state index contributed by atoms with van der Waals surface area (Å²) in [5.41, 5.74) is 0.152. The zero-order valence-corrected chi connectivity index (χ0v) is 10.0. The highest BCUT2D eigenvalue weighted by molar-refractivity contribution is 4.93. The van der Waals surface area contributed by atoms with Crippen LogP contribution in [-0.4, -0.2) is 23.4 Å². The topological polar surface area (TPSA) is 29.5 Å². The maximum atomic E-state index is 9.10. The molecule has 1 heterocycles. The van der Waals surface area contributed by atoms with E-state index in [4.69, 9.17) is 9.84 Å². The first-order valence-corrected chi connectivity index (χ1v) is 6.44. The van der Waals surface area contributed by atoms with E-state index in [2.05, 4.69) is 13.8 Å². The molecular formula is C13H24O2. The molecule has 1 saturated heterocycles. The Hall–Kier alpha value is -0.0800. The average molecular weight is 212 g/mol. The van der Waals surface area contributed by atoms with E-state index in [0.717, 1.165) is 18.3 Å². The zero-order valence-electron chi connectivity index (χ0n) is 10.0. The number of aliphatic hydroxyl groups excluding tert-OH is 1. The number of aliphatic hydroxyl groups is 1. The molecule has 1 aliphatic carbocycles. The summed E-state index contributed by atoms with van der Waals surface area (Å²) in [6.45, 7) is 4.86. The van der Waals surface area contributed by atoms with E-state index < -0.39 is 0 Å². The number of hydrogen-bond donors (Lipinski definition) is 1. The Morgan fingerprint density at radius 2 is 1.80 bits per heavy atom. The minimum Gasteiger partial charge on any atom is -0.394 e. The summed E-state index contributed by atoms with van der Waals surface area (Å²) >= 11 is 0. The summed E-state index contributed by atoms with van der Waals surface area (Å²) in [7, 11) is 0. The van der Waals surface area contributed by atoms with Gasteiger partial charge in [0.05, 0.1) is 18.3 Å². The molecular weight excluding hydrogens is 188 g/mol. The Morgan fingerprint density at radius 1 is 1.20 bits per heavy atom. The summed E-state index contributed by atoms with van der Waals surface area (Å²) in [5, 5.41) is 9.10. The van der Waals surface area contributed by atoms with Gasteiger partial charge in [-0.05, 0) is 50.4 Å². The van der Waals surface area contributed by atoms with Crippen molar-refractivity contribution in [3.05, 3.63) is 0 Å². The van der Waals surface area contributed by atoms with Crippen molar-refractivity contribution in [2.24, 2.45) is 11.8 Å². The molecule has 1 N–H and O–H groups in total. The van der Waals surface area contributed by atoms with Crippen LogP contribution in [0, 0.1) is 11.8 Å². The second kappa shape index (κ2) is 4.42. The number of rotatable bonds is 2. The Balaban J connectivity index is 1.87. The SMILES string of the molecule is CC(C)C1CCC2(CC1)CC[C@H](CO)O2. The molecule has 1 aliphatic heterocycles. The lowest BCUT2D eigenvalue weighted by molar-refractivity contribution is -0.0869. The van der Waals surface area contributed by atoms with Crippen LogP contribution in [0.3, 0.4) is 0 Å². The summed E-state index contributed by atoms with van der Waals surface area (Å²) in [5.74, 6) is 1.71. The second-order valence-corrected chi connectivity index (χ2v) is 5.73. The lowest BCUT2D eigenvalue weighted by atomic mass is 9.73. The lowest BCUT2D eigenvalue weighted by Gasteiger charge is -2.38. The van der Waals surface area contributed by atoms with Gasteiger partial charge in [-0.15, -0.1) is 0 Å². The predicted octanol–water partition coefficient (Wildman–Crippen LogP) is 2.74. The van der Waals surface area contributed by atoms with Crippen LogP contribution in [0.25, 0.3) is 0 Å². The van der Waals surface area contributed by atoms with Crippen LogP contribution >= 0.6 is 0 Å². The first-order valence-electron chi connectivity index (χ1n) is 6.44. The molecule has 0 radical (unpaired) electrons. The fraction of sp³-hybridized carbons (Fsp3) is 1.00. The van der Waals surface area contributed by atoms with E-state index in [9.17, 15) is 0 Å². The monoisotopic (exact) mass is 212 g/mol. The molecule has 1 atom stereocenters. The third-order valence-corrected chi connectivity index (χ3v) is 4.43. The molecule has 15 heavy (non-hydrogen) atoms. The number of ether oxygens (including phenoxy) is 1. The van der Waals surface area contributed by atoms with Crippen molar-refractivity contribution < 1.29 is 9.84 Å². The van der Waals surface area contributed by atoms with Gasteiger partial charge in [0.1, 0.15) is 0 Å². The smallest absolute Gasteiger partial charge is 0.0814 e. The lowest BCUT2D eigenvalue weighted by Crippen LogP contribution is -2.35. The van der Waals surface area contributed by atoms with Crippen LogP contribution in [0.4, 0.5) is 0 Å². The van der Waals surface area contributed by atoms with Crippen molar-refractivity contribution in [1.29, 1.82) is 0 Å². The van der Waals surface area contributed by atoms with Gasteiger partial charge < -0.3 is 9.84 Å². The minimum absolute atomic E-state index is 0.126. The van der Waals surface area contributed by atoms with E-state index in [1.54, 1.807) is 0 Å². The fourth-order valence-corrected chi connectivity index (χ4v) is 3.22. The second-order valence-electron chi connectivity index (χ2n) is 5.73. The molecule has 0 aromatic carbocycles. The molecule has 0 amide bonds. The predicted molar refractivity (Wildman–Crippen MR) is 60.7 cm³/mol. The van der Waals surface area contributed by atoms with Gasteiger partial charge in [0.15, 0.2) is 0 Å².